The number of hydrogen-bond acceptors (Lipinski definition) is 9. The highest BCUT2D eigenvalue weighted by molar-refractivity contribution is 7.94. The van der Waals surface area contributed by atoms with Crippen molar-refractivity contribution in [1.82, 2.24) is 0 Å². The fraction of sp³-hybridized carbons (Fsp3) is 0.407. The minimum Gasteiger partial charge on any atom is -0.426 e. The zero-order valence-electron chi connectivity index (χ0n) is 20.9. The van der Waals surface area contributed by atoms with Crippen molar-refractivity contribution >= 4 is 36.2 Å². The third kappa shape index (κ3) is 12.5. The van der Waals surface area contributed by atoms with Gasteiger partial charge in [-0.1, -0.05) is 56.9 Å². The quantitative estimate of drug-likeness (QED) is 0.113. The Balaban J connectivity index is 0.00000205. The van der Waals surface area contributed by atoms with Crippen LogP contribution in [-0.4, -0.2) is 37.0 Å². The molecular weight excluding hydrogens is 482 g/mol. The average molecular weight is 518 g/mol. The second-order valence-electron chi connectivity index (χ2n) is 7.67. The Morgan fingerprint density at radius 2 is 1.28 bits per heavy atom. The van der Waals surface area contributed by atoms with Gasteiger partial charge >= 0.3 is 17.9 Å². The van der Waals surface area contributed by atoms with Crippen LogP contribution in [0.25, 0.3) is 0 Å². The molecule has 0 unspecified atom stereocenters. The molecule has 2 N–H and O–H groups in total. The van der Waals surface area contributed by atoms with Gasteiger partial charge in [-0.15, -0.1) is 0 Å². The molecule has 0 saturated heterocycles. The highest BCUT2D eigenvalue weighted by Crippen LogP contribution is 2.21. The summed E-state index contributed by atoms with van der Waals surface area (Å²) in [5.74, 6) is -0.813. The maximum Gasteiger partial charge on any atom is 0.353 e. The number of benzene rings is 2. The third-order valence-corrected chi connectivity index (χ3v) is 5.09. The van der Waals surface area contributed by atoms with E-state index in [-0.39, 0.29) is 35.9 Å². The lowest BCUT2D eigenvalue weighted by molar-refractivity contribution is -0.135. The van der Waals surface area contributed by atoms with Crippen molar-refractivity contribution in [3.63, 3.8) is 0 Å². The zero-order chi connectivity index (χ0) is 26.6. The van der Waals surface area contributed by atoms with Crippen LogP contribution >= 0.6 is 12.0 Å². The zero-order valence-corrected chi connectivity index (χ0v) is 21.7. The maximum absolute atomic E-state index is 12.1. The summed E-state index contributed by atoms with van der Waals surface area (Å²) in [5, 5.41) is 0. The van der Waals surface area contributed by atoms with Crippen molar-refractivity contribution in [2.45, 2.75) is 58.3 Å². The summed E-state index contributed by atoms with van der Waals surface area (Å²) < 4.78 is 15.5. The summed E-state index contributed by atoms with van der Waals surface area (Å²) in [6.45, 7) is 2.65. The Hall–Kier alpha value is -3.17. The van der Waals surface area contributed by atoms with E-state index in [2.05, 4.69) is 0 Å². The molecule has 2 aromatic rings. The van der Waals surface area contributed by atoms with E-state index in [1.165, 1.54) is 0 Å². The van der Waals surface area contributed by atoms with Gasteiger partial charge in [-0.2, -0.15) is 0 Å². The van der Waals surface area contributed by atoms with Gasteiger partial charge in [-0.3, -0.25) is 14.4 Å². The first kappa shape index (κ1) is 30.9. The number of esters is 2. The molecule has 2 aromatic carbocycles. The SMILES string of the molecule is CCN.CSOC(=O)c1ccccc1OC(=O)CCCCCCCCC(=O)Oc1ccccc1C=O. The topological polar surface area (TPSA) is 122 Å². The van der Waals surface area contributed by atoms with Crippen molar-refractivity contribution in [1.29, 1.82) is 0 Å². The van der Waals surface area contributed by atoms with E-state index in [1.54, 1.807) is 54.8 Å². The number of hydrogen-bond donors (Lipinski definition) is 1. The summed E-state index contributed by atoms with van der Waals surface area (Å²) in [4.78, 5) is 46.9. The highest BCUT2D eigenvalue weighted by Gasteiger charge is 2.16. The molecule has 0 bridgehead atoms. The van der Waals surface area contributed by atoms with Gasteiger partial charge in [-0.25, -0.2) is 4.79 Å². The van der Waals surface area contributed by atoms with E-state index in [9.17, 15) is 19.2 Å². The van der Waals surface area contributed by atoms with Crippen molar-refractivity contribution in [2.24, 2.45) is 5.73 Å². The first-order valence-electron chi connectivity index (χ1n) is 12.0. The Morgan fingerprint density at radius 3 is 1.83 bits per heavy atom. The fourth-order valence-corrected chi connectivity index (χ4v) is 3.35. The molecule has 196 valence electrons. The Morgan fingerprint density at radius 1 is 0.806 bits per heavy atom. The van der Waals surface area contributed by atoms with Gasteiger partial charge in [0.1, 0.15) is 17.1 Å². The monoisotopic (exact) mass is 517 g/mol. The summed E-state index contributed by atoms with van der Waals surface area (Å²) in [6.07, 6.45) is 7.84. The van der Waals surface area contributed by atoms with E-state index >= 15 is 0 Å². The first-order valence-corrected chi connectivity index (χ1v) is 13.1. The standard InChI is InChI=1S/C25H28O7S.C2H7N/c1-33-32-25(29)20-13-9-11-15-22(20)31-24(28)17-7-5-3-2-4-6-16-23(27)30-21-14-10-8-12-19(21)18-26;1-2-3/h8-15,18H,2-7,16-17H2,1H3;2-3H2,1H3. The van der Waals surface area contributed by atoms with E-state index in [0.717, 1.165) is 44.3 Å². The molecule has 9 heteroatoms. The van der Waals surface area contributed by atoms with Crippen LogP contribution < -0.4 is 15.2 Å². The normalized spacial score (nSPS) is 9.97. The fourth-order valence-electron chi connectivity index (χ4n) is 3.11. The number of unbranched alkanes of at least 4 members (excludes halogenated alkanes) is 5. The van der Waals surface area contributed by atoms with Crippen LogP contribution in [0, 0.1) is 0 Å². The minimum atomic E-state index is -0.553. The summed E-state index contributed by atoms with van der Waals surface area (Å²) in [6, 6.07) is 13.1. The smallest absolute Gasteiger partial charge is 0.353 e. The minimum absolute atomic E-state index is 0.198. The number of nitrogens with two attached hydrogens (primary N) is 1. The van der Waals surface area contributed by atoms with E-state index < -0.39 is 11.9 Å². The van der Waals surface area contributed by atoms with Gasteiger partial charge < -0.3 is 19.4 Å². The van der Waals surface area contributed by atoms with E-state index in [0.29, 0.717) is 24.7 Å². The molecule has 0 aliphatic rings. The van der Waals surface area contributed by atoms with Crippen LogP contribution in [0.2, 0.25) is 0 Å². The number of aldehydes is 1. The second kappa shape index (κ2) is 19.1. The van der Waals surface area contributed by atoms with E-state index in [4.69, 9.17) is 19.4 Å². The molecule has 0 spiro atoms. The molecule has 0 atom stereocenters. The Labute approximate surface area is 217 Å². The van der Waals surface area contributed by atoms with Gasteiger partial charge in [0.25, 0.3) is 0 Å². The molecule has 0 heterocycles. The molecule has 0 aliphatic carbocycles. The predicted molar refractivity (Wildman–Crippen MR) is 140 cm³/mol. The average Bonchev–Trinajstić information content (AvgIpc) is 2.87. The third-order valence-electron chi connectivity index (χ3n) is 4.77. The van der Waals surface area contributed by atoms with Crippen LogP contribution in [0.15, 0.2) is 48.5 Å². The van der Waals surface area contributed by atoms with Crippen LogP contribution in [-0.2, 0) is 13.8 Å². The molecule has 36 heavy (non-hydrogen) atoms. The van der Waals surface area contributed by atoms with Crippen molar-refractivity contribution in [3.05, 3.63) is 59.7 Å². The number of ether oxygens (including phenoxy) is 2. The summed E-state index contributed by atoms with van der Waals surface area (Å²) in [5.41, 5.74) is 5.42. The maximum atomic E-state index is 12.1. The number of carbonyl (C=O) groups excluding carboxylic acids is 4. The molecule has 0 amide bonds. The largest absolute Gasteiger partial charge is 0.426 e. The van der Waals surface area contributed by atoms with Crippen molar-refractivity contribution < 1.29 is 32.8 Å². The Bertz CT molecular complexity index is 965. The van der Waals surface area contributed by atoms with Crippen LogP contribution in [0.3, 0.4) is 0 Å². The lowest BCUT2D eigenvalue weighted by Gasteiger charge is -2.08. The van der Waals surface area contributed by atoms with Crippen LogP contribution in [0.4, 0.5) is 0 Å². The highest BCUT2D eigenvalue weighted by atomic mass is 32.2. The lowest BCUT2D eigenvalue weighted by atomic mass is 10.1. The molecule has 0 radical (unpaired) electrons. The van der Waals surface area contributed by atoms with Crippen LogP contribution in [0.5, 0.6) is 11.5 Å². The summed E-state index contributed by atoms with van der Waals surface area (Å²) >= 11 is 0.932. The Kier molecular flexibility index (Phi) is 16.3. The molecular formula is C27H35NO7S. The van der Waals surface area contributed by atoms with Gasteiger partial charge in [0.2, 0.25) is 0 Å². The number of carbonyl (C=O) groups is 4. The van der Waals surface area contributed by atoms with Gasteiger partial charge in [0.05, 0.1) is 17.6 Å². The van der Waals surface area contributed by atoms with Crippen LogP contribution in [0.1, 0.15) is 79.0 Å². The number of para-hydroxylation sites is 2. The molecule has 0 aliphatic heterocycles. The van der Waals surface area contributed by atoms with Crippen molar-refractivity contribution in [3.8, 4) is 11.5 Å². The second-order valence-corrected chi connectivity index (χ2v) is 8.17. The predicted octanol–water partition coefficient (Wildman–Crippen LogP) is 5.53. The summed E-state index contributed by atoms with van der Waals surface area (Å²) in [7, 11) is 0. The molecule has 0 aromatic heterocycles. The molecule has 2 rings (SSSR count). The van der Waals surface area contributed by atoms with Gasteiger partial charge in [0, 0.05) is 19.1 Å². The van der Waals surface area contributed by atoms with Gasteiger partial charge in [0.15, 0.2) is 6.29 Å². The molecule has 8 nitrogen and oxygen atoms in total. The van der Waals surface area contributed by atoms with E-state index in [1.807, 2.05) is 6.92 Å². The first-order chi connectivity index (χ1) is 17.5. The molecule has 0 fully saturated rings. The lowest BCUT2D eigenvalue weighted by Crippen LogP contribution is -2.11. The number of rotatable bonds is 14. The van der Waals surface area contributed by atoms with Gasteiger partial charge in [-0.05, 0) is 43.7 Å². The molecule has 0 saturated carbocycles. The van der Waals surface area contributed by atoms with Crippen molar-refractivity contribution in [2.75, 3.05) is 12.8 Å².